The minimum Gasteiger partial charge on any atom is -0.379 e. The molecule has 1 amide bonds. The lowest BCUT2D eigenvalue weighted by molar-refractivity contribution is -0.137. The van der Waals surface area contributed by atoms with Gasteiger partial charge in [-0.1, -0.05) is 30.1 Å². The zero-order valence-corrected chi connectivity index (χ0v) is 23.6. The maximum Gasteiger partial charge on any atom is 0.417 e. The summed E-state index contributed by atoms with van der Waals surface area (Å²) in [4.78, 5) is 40.5. The molecule has 2 N–H and O–H groups in total. The zero-order valence-electron chi connectivity index (χ0n) is 21.2. The Hall–Kier alpha value is -2.84. The largest absolute Gasteiger partial charge is 0.417 e. The van der Waals surface area contributed by atoms with Gasteiger partial charge in [-0.05, 0) is 18.2 Å². The predicted octanol–water partition coefficient (Wildman–Crippen LogP) is 5.63. The van der Waals surface area contributed by atoms with E-state index in [9.17, 15) is 22.8 Å². The minimum absolute atomic E-state index is 0.0185. The Morgan fingerprint density at radius 2 is 1.93 bits per heavy atom. The van der Waals surface area contributed by atoms with Crippen LogP contribution >= 0.6 is 34.5 Å². The Bertz CT molecular complexity index is 1370. The summed E-state index contributed by atoms with van der Waals surface area (Å²) < 4.78 is 44.7. The Balaban J connectivity index is 1.35. The minimum atomic E-state index is -4.66. The van der Waals surface area contributed by atoms with Crippen LogP contribution < -0.4 is 10.6 Å². The molecule has 3 heterocycles. The second kappa shape index (κ2) is 13.2. The first-order valence-electron chi connectivity index (χ1n) is 12.2. The lowest BCUT2D eigenvalue weighted by atomic mass is 10.0. The number of ether oxygens (including phenoxy) is 1. The number of carbonyl (C=O) groups is 2. The van der Waals surface area contributed by atoms with Gasteiger partial charge in [-0.3, -0.25) is 14.5 Å². The summed E-state index contributed by atoms with van der Waals surface area (Å²) in [6.45, 7) is 6.21. The number of halogens is 5. The van der Waals surface area contributed by atoms with Crippen molar-refractivity contribution < 1.29 is 27.5 Å². The first kappa shape index (κ1) is 30.1. The molecule has 1 unspecified atom stereocenters. The molecule has 3 aromatic rings. The van der Waals surface area contributed by atoms with E-state index in [2.05, 4.69) is 30.5 Å². The number of carbonyl (C=O) groups excluding carboxylic acids is 2. The molecule has 15 heteroatoms. The van der Waals surface area contributed by atoms with E-state index < -0.39 is 22.7 Å². The van der Waals surface area contributed by atoms with Gasteiger partial charge in [0.25, 0.3) is 5.91 Å². The number of thiazole rings is 1. The van der Waals surface area contributed by atoms with Crippen molar-refractivity contribution in [3.8, 4) is 0 Å². The predicted molar refractivity (Wildman–Crippen MR) is 147 cm³/mol. The molecule has 40 heavy (non-hydrogen) atoms. The number of amides is 1. The number of aromatic nitrogens is 3. The van der Waals surface area contributed by atoms with Gasteiger partial charge in [-0.15, -0.1) is 11.3 Å². The molecule has 1 saturated heterocycles. The molecule has 4 rings (SSSR count). The molecule has 1 aliphatic rings. The highest BCUT2D eigenvalue weighted by Gasteiger charge is 2.33. The number of ketones is 1. The van der Waals surface area contributed by atoms with Crippen molar-refractivity contribution in [1.29, 1.82) is 0 Å². The van der Waals surface area contributed by atoms with Gasteiger partial charge in [0.15, 0.2) is 5.78 Å². The zero-order chi connectivity index (χ0) is 28.9. The second-order valence-corrected chi connectivity index (χ2v) is 10.9. The highest BCUT2D eigenvalue weighted by molar-refractivity contribution is 7.13. The van der Waals surface area contributed by atoms with Gasteiger partial charge in [0.05, 0.1) is 35.0 Å². The number of hydrogen-bond acceptors (Lipinski definition) is 9. The summed E-state index contributed by atoms with van der Waals surface area (Å²) in [6, 6.07) is 3.10. The highest BCUT2D eigenvalue weighted by atomic mass is 35.5. The molecule has 1 fully saturated rings. The number of nitrogens with one attached hydrogen (secondary N) is 2. The highest BCUT2D eigenvalue weighted by Crippen LogP contribution is 2.36. The Morgan fingerprint density at radius 3 is 2.65 bits per heavy atom. The lowest BCUT2D eigenvalue weighted by Crippen LogP contribution is -2.39. The van der Waals surface area contributed by atoms with Gasteiger partial charge < -0.3 is 15.4 Å². The van der Waals surface area contributed by atoms with Gasteiger partial charge >= 0.3 is 6.18 Å². The quantitative estimate of drug-likeness (QED) is 0.282. The Morgan fingerprint density at radius 1 is 1.18 bits per heavy atom. The van der Waals surface area contributed by atoms with Gasteiger partial charge in [-0.2, -0.15) is 13.2 Å². The molecular formula is C25H25Cl2F3N6O3S. The van der Waals surface area contributed by atoms with Crippen molar-refractivity contribution in [3.63, 3.8) is 0 Å². The van der Waals surface area contributed by atoms with Crippen molar-refractivity contribution in [2.45, 2.75) is 25.4 Å². The van der Waals surface area contributed by atoms with Crippen molar-refractivity contribution in [2.75, 3.05) is 50.0 Å². The van der Waals surface area contributed by atoms with Gasteiger partial charge in [0.1, 0.15) is 27.7 Å². The third-order valence-corrected chi connectivity index (χ3v) is 7.98. The molecule has 1 aliphatic heterocycles. The molecular weight excluding hydrogens is 592 g/mol. The molecule has 1 aromatic carbocycles. The maximum absolute atomic E-state index is 13.1. The van der Waals surface area contributed by atoms with Crippen LogP contribution in [0.2, 0.25) is 10.0 Å². The molecule has 0 radical (unpaired) electrons. The first-order chi connectivity index (χ1) is 19.0. The molecule has 0 saturated carbocycles. The monoisotopic (exact) mass is 616 g/mol. The number of benzene rings is 1. The Labute approximate surface area is 242 Å². The fourth-order valence-corrected chi connectivity index (χ4v) is 5.30. The van der Waals surface area contributed by atoms with Crippen LogP contribution in [0.25, 0.3) is 0 Å². The van der Waals surface area contributed by atoms with E-state index in [-0.39, 0.29) is 39.4 Å². The van der Waals surface area contributed by atoms with E-state index in [1.807, 2.05) is 0 Å². The number of hydrogen-bond donors (Lipinski definition) is 2. The molecule has 0 bridgehead atoms. The smallest absolute Gasteiger partial charge is 0.379 e. The van der Waals surface area contributed by atoms with Crippen LogP contribution in [0.5, 0.6) is 0 Å². The van der Waals surface area contributed by atoms with Gasteiger partial charge in [0.2, 0.25) is 0 Å². The topological polar surface area (TPSA) is 109 Å². The number of morpholine rings is 1. The molecule has 214 valence electrons. The summed E-state index contributed by atoms with van der Waals surface area (Å²) in [5, 5.41) is 5.73. The standard InChI is InChI=1S/C25H25Cl2F3N6O3S/c1-14(10-18(37)21-20(27)22(34-13-33-21)31-4-5-36-6-8-39-9-7-36)24-32-12-19(40-24)23(38)35-15-2-3-17(26)16(11-15)25(28,29)30/h2-3,11-14H,4-10H2,1H3,(H,35,38)(H,31,33,34). The second-order valence-electron chi connectivity index (χ2n) is 9.00. The number of nitrogens with zero attached hydrogens (tertiary/aromatic N) is 4. The van der Waals surface area contributed by atoms with Crippen molar-refractivity contribution in [3.05, 3.63) is 61.9 Å². The number of anilines is 2. The van der Waals surface area contributed by atoms with Crippen molar-refractivity contribution in [2.24, 2.45) is 0 Å². The van der Waals surface area contributed by atoms with Crippen molar-refractivity contribution in [1.82, 2.24) is 19.9 Å². The average Bonchev–Trinajstić information content (AvgIpc) is 3.42. The van der Waals surface area contributed by atoms with Crippen molar-refractivity contribution >= 4 is 57.7 Å². The molecule has 2 aromatic heterocycles. The maximum atomic E-state index is 13.1. The van der Waals surface area contributed by atoms with E-state index >= 15 is 0 Å². The number of Topliss-reactive ketones (excluding diaryl/α,β-unsaturated/α-hetero) is 1. The van der Waals surface area contributed by atoms with E-state index in [1.165, 1.54) is 18.6 Å². The van der Waals surface area contributed by atoms with E-state index in [0.29, 0.717) is 30.6 Å². The summed E-state index contributed by atoms with van der Waals surface area (Å²) in [7, 11) is 0. The fourth-order valence-electron chi connectivity index (χ4n) is 3.94. The number of rotatable bonds is 10. The van der Waals surface area contributed by atoms with E-state index in [4.69, 9.17) is 27.9 Å². The molecule has 0 aliphatic carbocycles. The summed E-state index contributed by atoms with van der Waals surface area (Å²) >= 11 is 13.1. The van der Waals surface area contributed by atoms with Gasteiger partial charge in [-0.25, -0.2) is 15.0 Å². The van der Waals surface area contributed by atoms with Crippen LogP contribution in [0.1, 0.15) is 50.0 Å². The van der Waals surface area contributed by atoms with Crippen LogP contribution in [0, 0.1) is 0 Å². The summed E-state index contributed by atoms with van der Waals surface area (Å²) in [5.74, 6) is -0.970. The average molecular weight is 617 g/mol. The molecule has 1 atom stereocenters. The third-order valence-electron chi connectivity index (χ3n) is 6.07. The normalized spacial score (nSPS) is 15.1. The number of alkyl halides is 3. The molecule has 0 spiro atoms. The van der Waals surface area contributed by atoms with E-state index in [0.717, 1.165) is 43.1 Å². The Kier molecular flexibility index (Phi) is 9.95. The SMILES string of the molecule is CC(CC(=O)c1ncnc(NCCN2CCOCC2)c1Cl)c1ncc(C(=O)Nc2ccc(Cl)c(C(F)(F)F)c2)s1. The van der Waals surface area contributed by atoms with Crippen LogP contribution in [-0.2, 0) is 10.9 Å². The van der Waals surface area contributed by atoms with Crippen LogP contribution in [-0.4, -0.2) is 70.9 Å². The summed E-state index contributed by atoms with van der Waals surface area (Å²) in [6.07, 6.45) is -2.06. The lowest BCUT2D eigenvalue weighted by Gasteiger charge is -2.26. The van der Waals surface area contributed by atoms with Crippen LogP contribution in [0.4, 0.5) is 24.7 Å². The first-order valence-corrected chi connectivity index (χ1v) is 13.8. The van der Waals surface area contributed by atoms with Gasteiger partial charge in [0, 0.05) is 44.2 Å². The van der Waals surface area contributed by atoms with E-state index in [1.54, 1.807) is 6.92 Å². The molecule has 9 nitrogen and oxygen atoms in total. The van der Waals surface area contributed by atoms with Crippen LogP contribution in [0.3, 0.4) is 0 Å². The van der Waals surface area contributed by atoms with Crippen LogP contribution in [0.15, 0.2) is 30.7 Å². The fraction of sp³-hybridized carbons (Fsp3) is 0.400. The summed E-state index contributed by atoms with van der Waals surface area (Å²) in [5.41, 5.74) is -1.04. The third kappa shape index (κ3) is 7.67.